The largest absolute Gasteiger partial charge is 0.481 e. The minimum atomic E-state index is -1.17. The van der Waals surface area contributed by atoms with Gasteiger partial charge in [-0.2, -0.15) is 0 Å². The lowest BCUT2D eigenvalue weighted by Crippen LogP contribution is -2.49. The number of carboxylic acids is 1. The van der Waals surface area contributed by atoms with Crippen molar-refractivity contribution in [1.82, 2.24) is 16.0 Å². The highest BCUT2D eigenvalue weighted by Gasteiger charge is 2.30. The average molecular weight is 484 g/mol. The number of benzene rings is 2. The van der Waals surface area contributed by atoms with Crippen LogP contribution in [0.1, 0.15) is 29.9 Å². The highest BCUT2D eigenvalue weighted by Crippen LogP contribution is 2.44. The van der Waals surface area contributed by atoms with Gasteiger partial charge in [0.05, 0.1) is 13.2 Å². The van der Waals surface area contributed by atoms with Crippen LogP contribution in [0, 0.1) is 0 Å². The van der Waals surface area contributed by atoms with Crippen molar-refractivity contribution in [3.8, 4) is 11.1 Å². The van der Waals surface area contributed by atoms with Crippen molar-refractivity contribution >= 4 is 23.9 Å². The van der Waals surface area contributed by atoms with Crippen LogP contribution in [0.3, 0.4) is 0 Å². The molecule has 4 N–H and O–H groups in total. The van der Waals surface area contributed by atoms with E-state index in [9.17, 15) is 19.2 Å². The summed E-state index contributed by atoms with van der Waals surface area (Å²) in [7, 11) is 1.50. The molecule has 0 aromatic heterocycles. The molecule has 35 heavy (non-hydrogen) atoms. The molecule has 0 fully saturated rings. The summed E-state index contributed by atoms with van der Waals surface area (Å²) in [5, 5.41) is 16.4. The molecule has 1 aliphatic carbocycles. The van der Waals surface area contributed by atoms with E-state index in [1.54, 1.807) is 0 Å². The molecular formula is C25H29N3O7. The predicted molar refractivity (Wildman–Crippen MR) is 127 cm³/mol. The van der Waals surface area contributed by atoms with Crippen LogP contribution in [0.25, 0.3) is 11.1 Å². The topological polar surface area (TPSA) is 143 Å². The molecule has 0 spiro atoms. The third-order valence-electron chi connectivity index (χ3n) is 5.65. The Hall–Kier alpha value is -3.92. The second kappa shape index (κ2) is 12.5. The Morgan fingerprint density at radius 2 is 1.60 bits per heavy atom. The molecule has 2 aromatic rings. The van der Waals surface area contributed by atoms with Gasteiger partial charge in [-0.1, -0.05) is 48.5 Å². The Morgan fingerprint density at radius 3 is 2.20 bits per heavy atom. The molecule has 0 heterocycles. The number of aliphatic carboxylic acids is 1. The first-order valence-corrected chi connectivity index (χ1v) is 11.3. The molecule has 10 nitrogen and oxygen atoms in total. The number of amides is 3. The van der Waals surface area contributed by atoms with Gasteiger partial charge in [0.15, 0.2) is 0 Å². The van der Waals surface area contributed by atoms with Gasteiger partial charge in [0.2, 0.25) is 11.8 Å². The molecule has 3 rings (SSSR count). The number of methoxy groups -OCH3 is 1. The maximum Gasteiger partial charge on any atom is 0.407 e. The van der Waals surface area contributed by atoms with Gasteiger partial charge in [0.25, 0.3) is 0 Å². The third-order valence-corrected chi connectivity index (χ3v) is 5.65. The smallest absolute Gasteiger partial charge is 0.407 e. The van der Waals surface area contributed by atoms with Crippen molar-refractivity contribution in [3.05, 3.63) is 59.7 Å². The molecular weight excluding hydrogens is 454 g/mol. The van der Waals surface area contributed by atoms with Gasteiger partial charge >= 0.3 is 12.1 Å². The van der Waals surface area contributed by atoms with E-state index in [0.29, 0.717) is 6.61 Å². The van der Waals surface area contributed by atoms with Crippen LogP contribution in [-0.2, 0) is 23.9 Å². The fourth-order valence-corrected chi connectivity index (χ4v) is 3.96. The summed E-state index contributed by atoms with van der Waals surface area (Å²) in [5.41, 5.74) is 4.25. The van der Waals surface area contributed by atoms with E-state index in [4.69, 9.17) is 14.6 Å². The highest BCUT2D eigenvalue weighted by atomic mass is 16.5. The molecule has 1 aliphatic rings. The predicted octanol–water partition coefficient (Wildman–Crippen LogP) is 1.64. The van der Waals surface area contributed by atoms with Gasteiger partial charge in [0.1, 0.15) is 12.6 Å². The Balaban J connectivity index is 1.58. The molecule has 10 heteroatoms. The van der Waals surface area contributed by atoms with Gasteiger partial charge in [-0.25, -0.2) is 4.79 Å². The Labute approximate surface area is 203 Å². The monoisotopic (exact) mass is 483 g/mol. The molecule has 0 aliphatic heterocycles. The number of carboxylic acid groups (broad SMARTS) is 1. The lowest BCUT2D eigenvalue weighted by molar-refractivity contribution is -0.137. The maximum atomic E-state index is 12.5. The number of fused-ring (bicyclic) bond motifs is 3. The zero-order valence-corrected chi connectivity index (χ0v) is 19.4. The van der Waals surface area contributed by atoms with Gasteiger partial charge in [-0.05, 0) is 28.7 Å². The van der Waals surface area contributed by atoms with Crippen LogP contribution in [0.2, 0.25) is 0 Å². The van der Waals surface area contributed by atoms with Crippen LogP contribution in [0.4, 0.5) is 4.79 Å². The second-order valence-corrected chi connectivity index (χ2v) is 8.02. The summed E-state index contributed by atoms with van der Waals surface area (Å²) in [4.78, 5) is 47.9. The number of nitrogens with one attached hydrogen (secondary N) is 3. The zero-order valence-electron chi connectivity index (χ0n) is 19.4. The van der Waals surface area contributed by atoms with Gasteiger partial charge in [-0.3, -0.25) is 14.4 Å². The van der Waals surface area contributed by atoms with E-state index in [2.05, 4.69) is 16.0 Å². The van der Waals surface area contributed by atoms with Crippen molar-refractivity contribution in [1.29, 1.82) is 0 Å². The maximum absolute atomic E-state index is 12.5. The lowest BCUT2D eigenvalue weighted by Gasteiger charge is -2.19. The summed E-state index contributed by atoms with van der Waals surface area (Å²) >= 11 is 0. The Morgan fingerprint density at radius 1 is 0.971 bits per heavy atom. The van der Waals surface area contributed by atoms with Crippen molar-refractivity contribution in [2.45, 2.75) is 24.8 Å². The van der Waals surface area contributed by atoms with Crippen LogP contribution in [0.15, 0.2) is 48.5 Å². The van der Waals surface area contributed by atoms with E-state index in [-0.39, 0.29) is 38.5 Å². The SMILES string of the molecule is COCCNC(=O)CNC(=O)C(CCC(=O)O)NC(=O)OCC1c2ccccc2-c2ccccc21. The van der Waals surface area contributed by atoms with Crippen LogP contribution < -0.4 is 16.0 Å². The number of hydrogen-bond acceptors (Lipinski definition) is 6. The number of carbonyl (C=O) groups excluding carboxylic acids is 3. The standard InChI is InChI=1S/C25H29N3O7/c1-34-13-12-26-22(29)14-27-24(32)21(10-11-23(30)31)28-25(33)35-15-20-18-8-4-2-6-16(18)17-7-3-5-9-19(17)20/h2-9,20-21H,10-15H2,1H3,(H,26,29)(H,27,32)(H,28,33)(H,30,31). The van der Waals surface area contributed by atoms with Gasteiger partial charge in [0, 0.05) is 26.0 Å². The molecule has 0 saturated carbocycles. The zero-order chi connectivity index (χ0) is 25.2. The molecule has 2 aromatic carbocycles. The summed E-state index contributed by atoms with van der Waals surface area (Å²) in [6.45, 7) is 0.337. The number of ether oxygens (including phenoxy) is 2. The lowest BCUT2D eigenvalue weighted by atomic mass is 9.98. The molecule has 186 valence electrons. The van der Waals surface area contributed by atoms with E-state index >= 15 is 0 Å². The first-order chi connectivity index (χ1) is 16.9. The average Bonchev–Trinajstić information content (AvgIpc) is 3.17. The third kappa shape index (κ3) is 7.03. The molecule has 1 unspecified atom stereocenters. The van der Waals surface area contributed by atoms with E-state index in [1.807, 2.05) is 48.5 Å². The molecule has 0 bridgehead atoms. The number of rotatable bonds is 12. The van der Waals surface area contributed by atoms with Gasteiger partial charge in [-0.15, -0.1) is 0 Å². The normalized spacial score (nSPS) is 12.7. The van der Waals surface area contributed by atoms with E-state index < -0.39 is 29.9 Å². The first-order valence-electron chi connectivity index (χ1n) is 11.3. The number of carbonyl (C=O) groups is 4. The highest BCUT2D eigenvalue weighted by molar-refractivity contribution is 5.89. The second-order valence-electron chi connectivity index (χ2n) is 8.02. The summed E-state index contributed by atoms with van der Waals surface area (Å²) in [5.74, 6) is -2.39. The van der Waals surface area contributed by atoms with Crippen molar-refractivity contribution in [2.24, 2.45) is 0 Å². The van der Waals surface area contributed by atoms with Crippen LogP contribution in [0.5, 0.6) is 0 Å². The Kier molecular flexibility index (Phi) is 9.19. The summed E-state index contributed by atoms with van der Waals surface area (Å²) < 4.78 is 10.3. The fourth-order valence-electron chi connectivity index (χ4n) is 3.96. The van der Waals surface area contributed by atoms with Crippen molar-refractivity contribution < 1.29 is 33.8 Å². The summed E-state index contributed by atoms with van der Waals surface area (Å²) in [6, 6.07) is 14.6. The minimum Gasteiger partial charge on any atom is -0.481 e. The van der Waals surface area contributed by atoms with Crippen molar-refractivity contribution in [3.63, 3.8) is 0 Å². The summed E-state index contributed by atoms with van der Waals surface area (Å²) in [6.07, 6.45) is -1.35. The molecule has 0 saturated heterocycles. The van der Waals surface area contributed by atoms with Crippen LogP contribution >= 0.6 is 0 Å². The van der Waals surface area contributed by atoms with Crippen LogP contribution in [-0.4, -0.2) is 68.4 Å². The number of hydrogen-bond donors (Lipinski definition) is 4. The molecule has 1 atom stereocenters. The van der Waals surface area contributed by atoms with Crippen molar-refractivity contribution in [2.75, 3.05) is 33.4 Å². The quantitative estimate of drug-likeness (QED) is 0.336. The molecule has 3 amide bonds. The van der Waals surface area contributed by atoms with E-state index in [0.717, 1.165) is 22.3 Å². The fraction of sp³-hybridized carbons (Fsp3) is 0.360. The van der Waals surface area contributed by atoms with E-state index in [1.165, 1.54) is 7.11 Å². The molecule has 0 radical (unpaired) electrons. The minimum absolute atomic E-state index is 0.0506. The number of alkyl carbamates (subject to hydrolysis) is 1. The van der Waals surface area contributed by atoms with Gasteiger partial charge < -0.3 is 30.5 Å². The Bertz CT molecular complexity index is 1030. The first kappa shape index (κ1) is 25.7.